The van der Waals surface area contributed by atoms with E-state index < -0.39 is 6.10 Å². The Morgan fingerprint density at radius 1 is 0.690 bits per heavy atom. The van der Waals surface area contributed by atoms with Crippen LogP contribution in [0.1, 0.15) is 43.6 Å². The molecule has 0 fully saturated rings. The second kappa shape index (κ2) is 6.57. The summed E-state index contributed by atoms with van der Waals surface area (Å²) < 4.78 is 0. The zero-order chi connectivity index (χ0) is 20.2. The van der Waals surface area contributed by atoms with Crippen molar-refractivity contribution in [2.45, 2.75) is 33.3 Å². The van der Waals surface area contributed by atoms with Crippen molar-refractivity contribution in [3.05, 3.63) is 95.6 Å². The molecule has 0 radical (unpaired) electrons. The third kappa shape index (κ3) is 2.89. The van der Waals surface area contributed by atoms with E-state index in [1.165, 1.54) is 33.2 Å². The summed E-state index contributed by atoms with van der Waals surface area (Å²) in [4.78, 5) is 0. The van der Waals surface area contributed by atoms with Crippen LogP contribution in [0.15, 0.2) is 78.9 Å². The molecule has 29 heavy (non-hydrogen) atoms. The number of aliphatic hydroxyl groups is 1. The van der Waals surface area contributed by atoms with E-state index in [1.807, 2.05) is 0 Å². The fourth-order valence-corrected chi connectivity index (χ4v) is 4.67. The molecular weight excluding hydrogens is 352 g/mol. The van der Waals surface area contributed by atoms with Gasteiger partial charge in [-0.05, 0) is 61.6 Å². The molecule has 4 aromatic carbocycles. The van der Waals surface area contributed by atoms with Crippen molar-refractivity contribution < 1.29 is 5.11 Å². The minimum atomic E-state index is -0.553. The molecule has 1 N–H and O–H groups in total. The molecule has 1 atom stereocenters. The Bertz CT molecular complexity index is 1230. The molecule has 1 unspecified atom stereocenters. The molecule has 144 valence electrons. The Morgan fingerprint density at radius 3 is 2.14 bits per heavy atom. The first-order valence-corrected chi connectivity index (χ1v) is 10.4. The lowest BCUT2D eigenvalue weighted by Gasteiger charge is -2.30. The van der Waals surface area contributed by atoms with Gasteiger partial charge in [-0.15, -0.1) is 0 Å². The lowest BCUT2D eigenvalue weighted by Crippen LogP contribution is -2.19. The second-order valence-corrected chi connectivity index (χ2v) is 9.18. The fourth-order valence-electron chi connectivity index (χ4n) is 4.67. The normalized spacial score (nSPS) is 13.9. The first-order chi connectivity index (χ1) is 13.9. The molecule has 1 heteroatoms. The van der Waals surface area contributed by atoms with E-state index in [2.05, 4.69) is 99.6 Å². The van der Waals surface area contributed by atoms with Gasteiger partial charge in [-0.25, -0.2) is 0 Å². The Morgan fingerprint density at radius 2 is 1.34 bits per heavy atom. The van der Waals surface area contributed by atoms with Gasteiger partial charge in [0.2, 0.25) is 0 Å². The molecule has 0 bridgehead atoms. The maximum absolute atomic E-state index is 11.4. The van der Waals surface area contributed by atoms with Gasteiger partial charge in [0, 0.05) is 0 Å². The number of hydrogen-bond acceptors (Lipinski definition) is 1. The highest BCUT2D eigenvalue weighted by atomic mass is 16.3. The number of benzene rings is 4. The van der Waals surface area contributed by atoms with Crippen molar-refractivity contribution in [3.63, 3.8) is 0 Å². The number of hydrogen-bond donors (Lipinski definition) is 1. The summed E-state index contributed by atoms with van der Waals surface area (Å²) in [6, 6.07) is 28.1. The largest absolute Gasteiger partial charge is 0.388 e. The van der Waals surface area contributed by atoms with Crippen LogP contribution in [0, 0.1) is 5.41 Å². The zero-order valence-electron chi connectivity index (χ0n) is 17.2. The number of fused-ring (bicyclic) bond motifs is 4. The maximum Gasteiger partial charge on any atom is 0.0850 e. The Kier molecular flexibility index (Phi) is 4.11. The summed E-state index contributed by atoms with van der Waals surface area (Å²) in [5.74, 6) is 0. The average molecular weight is 379 g/mol. The van der Waals surface area contributed by atoms with Crippen LogP contribution in [0.3, 0.4) is 0 Å². The molecule has 0 saturated carbocycles. The summed E-state index contributed by atoms with van der Waals surface area (Å²) in [7, 11) is 0. The van der Waals surface area contributed by atoms with E-state index >= 15 is 0 Å². The molecule has 5 rings (SSSR count). The molecule has 0 heterocycles. The monoisotopic (exact) mass is 378 g/mol. The van der Waals surface area contributed by atoms with Crippen molar-refractivity contribution in [2.75, 3.05) is 0 Å². The predicted octanol–water partition coefficient (Wildman–Crippen LogP) is 7.16. The highest BCUT2D eigenvalue weighted by Gasteiger charge is 2.30. The number of aliphatic hydroxyl groups excluding tert-OH is 1. The van der Waals surface area contributed by atoms with Gasteiger partial charge in [0.15, 0.2) is 0 Å². The SMILES string of the molecule is CC(C)(C)C(O)c1c(-c2cccc3c2Cc2ccccc2-3)ccc2ccccc12. The van der Waals surface area contributed by atoms with E-state index in [0.717, 1.165) is 22.9 Å². The Hall–Kier alpha value is -2.90. The van der Waals surface area contributed by atoms with Crippen LogP contribution in [-0.4, -0.2) is 5.11 Å². The Labute approximate surface area is 172 Å². The van der Waals surface area contributed by atoms with Crippen LogP contribution in [0.4, 0.5) is 0 Å². The molecule has 1 aliphatic carbocycles. The molecule has 0 aromatic heterocycles. The Balaban J connectivity index is 1.80. The lowest BCUT2D eigenvalue weighted by molar-refractivity contribution is 0.0644. The first kappa shape index (κ1) is 18.1. The number of rotatable bonds is 2. The smallest absolute Gasteiger partial charge is 0.0850 e. The van der Waals surface area contributed by atoms with Crippen LogP contribution in [-0.2, 0) is 6.42 Å². The summed E-state index contributed by atoms with van der Waals surface area (Å²) in [5.41, 5.74) is 8.59. The molecule has 0 aliphatic heterocycles. The van der Waals surface area contributed by atoms with E-state index in [4.69, 9.17) is 0 Å². The third-order valence-corrected chi connectivity index (χ3v) is 6.21. The van der Waals surface area contributed by atoms with Crippen LogP contribution in [0.5, 0.6) is 0 Å². The first-order valence-electron chi connectivity index (χ1n) is 10.4. The fraction of sp³-hybridized carbons (Fsp3) is 0.214. The minimum Gasteiger partial charge on any atom is -0.388 e. The van der Waals surface area contributed by atoms with Gasteiger partial charge >= 0.3 is 0 Å². The van der Waals surface area contributed by atoms with Gasteiger partial charge in [0.25, 0.3) is 0 Å². The zero-order valence-corrected chi connectivity index (χ0v) is 17.2. The molecular formula is C28H26O. The quantitative estimate of drug-likeness (QED) is 0.345. The predicted molar refractivity (Wildman–Crippen MR) is 122 cm³/mol. The van der Waals surface area contributed by atoms with Gasteiger partial charge in [-0.2, -0.15) is 0 Å². The molecule has 4 aromatic rings. The van der Waals surface area contributed by atoms with Gasteiger partial charge in [0.05, 0.1) is 6.10 Å². The molecule has 0 spiro atoms. The maximum atomic E-state index is 11.4. The van der Waals surface area contributed by atoms with Gasteiger partial charge in [0.1, 0.15) is 0 Å². The van der Waals surface area contributed by atoms with E-state index in [0.29, 0.717) is 0 Å². The van der Waals surface area contributed by atoms with Crippen LogP contribution >= 0.6 is 0 Å². The van der Waals surface area contributed by atoms with E-state index in [-0.39, 0.29) is 5.41 Å². The van der Waals surface area contributed by atoms with Crippen LogP contribution in [0.25, 0.3) is 33.0 Å². The average Bonchev–Trinajstić information content (AvgIpc) is 3.10. The summed E-state index contributed by atoms with van der Waals surface area (Å²) in [6.07, 6.45) is 0.391. The summed E-state index contributed by atoms with van der Waals surface area (Å²) in [6.45, 7) is 6.32. The highest BCUT2D eigenvalue weighted by Crippen LogP contribution is 2.46. The van der Waals surface area contributed by atoms with Gasteiger partial charge in [-0.1, -0.05) is 99.6 Å². The topological polar surface area (TPSA) is 20.2 Å². The second-order valence-electron chi connectivity index (χ2n) is 9.18. The van der Waals surface area contributed by atoms with Gasteiger partial charge in [-0.3, -0.25) is 0 Å². The van der Waals surface area contributed by atoms with Crippen molar-refractivity contribution >= 4 is 10.8 Å². The van der Waals surface area contributed by atoms with Gasteiger partial charge < -0.3 is 5.11 Å². The minimum absolute atomic E-state index is 0.250. The van der Waals surface area contributed by atoms with Crippen LogP contribution in [0.2, 0.25) is 0 Å². The van der Waals surface area contributed by atoms with E-state index in [1.54, 1.807) is 0 Å². The molecule has 0 saturated heterocycles. The third-order valence-electron chi connectivity index (χ3n) is 6.21. The summed E-state index contributed by atoms with van der Waals surface area (Å²) in [5, 5.41) is 13.7. The van der Waals surface area contributed by atoms with Crippen LogP contribution < -0.4 is 0 Å². The van der Waals surface area contributed by atoms with Crippen molar-refractivity contribution in [1.29, 1.82) is 0 Å². The molecule has 1 aliphatic rings. The highest BCUT2D eigenvalue weighted by molar-refractivity contribution is 5.94. The molecule has 1 nitrogen and oxygen atoms in total. The molecule has 0 amide bonds. The van der Waals surface area contributed by atoms with E-state index in [9.17, 15) is 5.11 Å². The lowest BCUT2D eigenvalue weighted by atomic mass is 9.79. The summed E-state index contributed by atoms with van der Waals surface area (Å²) >= 11 is 0. The van der Waals surface area contributed by atoms with Crippen molar-refractivity contribution in [1.82, 2.24) is 0 Å². The van der Waals surface area contributed by atoms with Crippen molar-refractivity contribution in [3.8, 4) is 22.3 Å². The van der Waals surface area contributed by atoms with Crippen molar-refractivity contribution in [2.24, 2.45) is 5.41 Å². The standard InChI is InChI=1S/C28H26O/c1-28(2,3)27(29)26-21-12-7-4-9-18(21)15-16-24(26)23-14-8-13-22-20-11-6-5-10-19(20)17-25(22)23/h4-16,27,29H,17H2,1-3H3.